The van der Waals surface area contributed by atoms with Crippen LogP contribution in [0.5, 0.6) is 5.88 Å². The molecule has 0 unspecified atom stereocenters. The lowest BCUT2D eigenvalue weighted by atomic mass is 10.0. The first-order chi connectivity index (χ1) is 13.7. The zero-order valence-corrected chi connectivity index (χ0v) is 16.2. The van der Waals surface area contributed by atoms with Crippen LogP contribution in [0, 0.1) is 0 Å². The van der Waals surface area contributed by atoms with Crippen LogP contribution < -0.4 is 4.74 Å². The molecule has 5 heteroatoms. The van der Waals surface area contributed by atoms with Crippen molar-refractivity contribution in [2.75, 3.05) is 6.61 Å². The van der Waals surface area contributed by atoms with Crippen molar-refractivity contribution >= 4 is 28.3 Å². The second kappa shape index (κ2) is 7.87. The Balaban J connectivity index is 1.86. The predicted octanol–water partition coefficient (Wildman–Crippen LogP) is 5.70. The highest BCUT2D eigenvalue weighted by Crippen LogP contribution is 2.29. The minimum atomic E-state index is -0.103. The number of ketones is 1. The van der Waals surface area contributed by atoms with Gasteiger partial charge in [0.15, 0.2) is 5.78 Å². The van der Waals surface area contributed by atoms with E-state index in [1.54, 1.807) is 28.9 Å². The quantitative estimate of drug-likeness (QED) is 0.397. The monoisotopic (exact) mass is 390 g/mol. The Morgan fingerprint density at radius 3 is 2.64 bits per heavy atom. The van der Waals surface area contributed by atoms with Gasteiger partial charge in [-0.05, 0) is 42.8 Å². The highest BCUT2D eigenvalue weighted by molar-refractivity contribution is 6.31. The number of rotatable bonds is 6. The largest absolute Gasteiger partial charge is 0.476 e. The summed E-state index contributed by atoms with van der Waals surface area (Å²) < 4.78 is 7.61. The lowest BCUT2D eigenvalue weighted by molar-refractivity contribution is 0.103. The second-order valence-electron chi connectivity index (χ2n) is 6.44. The van der Waals surface area contributed by atoms with E-state index in [2.05, 4.69) is 12.0 Å². The second-order valence-corrected chi connectivity index (χ2v) is 6.88. The molecule has 0 saturated heterocycles. The highest BCUT2D eigenvalue weighted by atomic mass is 35.5. The molecule has 0 aliphatic heterocycles. The molecule has 0 saturated carbocycles. The molecule has 0 aliphatic rings. The number of nitrogens with zero attached hydrogens (tertiary/aromatic N) is 2. The van der Waals surface area contributed by atoms with Gasteiger partial charge in [0.1, 0.15) is 0 Å². The summed E-state index contributed by atoms with van der Waals surface area (Å²) in [5, 5.41) is 6.12. The van der Waals surface area contributed by atoms with Gasteiger partial charge in [-0.3, -0.25) is 4.79 Å². The molecule has 0 fully saturated rings. The van der Waals surface area contributed by atoms with Gasteiger partial charge < -0.3 is 4.74 Å². The molecule has 1 aromatic heterocycles. The average molecular weight is 391 g/mol. The molecule has 140 valence electrons. The van der Waals surface area contributed by atoms with Crippen LogP contribution in [0.1, 0.15) is 29.3 Å². The maximum atomic E-state index is 13.2. The summed E-state index contributed by atoms with van der Waals surface area (Å²) in [7, 11) is 0. The molecular weight excluding hydrogens is 372 g/mol. The molecule has 0 aliphatic carbocycles. The van der Waals surface area contributed by atoms with Crippen molar-refractivity contribution in [3.8, 4) is 11.6 Å². The van der Waals surface area contributed by atoms with E-state index in [1.807, 2.05) is 48.5 Å². The van der Waals surface area contributed by atoms with E-state index in [4.69, 9.17) is 16.3 Å². The molecule has 28 heavy (non-hydrogen) atoms. The molecule has 0 N–H and O–H groups in total. The predicted molar refractivity (Wildman–Crippen MR) is 112 cm³/mol. The van der Waals surface area contributed by atoms with E-state index in [0.29, 0.717) is 34.3 Å². The maximum Gasteiger partial charge on any atom is 0.241 e. The molecular formula is C23H19ClN2O2. The zero-order chi connectivity index (χ0) is 19.5. The van der Waals surface area contributed by atoms with Crippen molar-refractivity contribution in [3.05, 3.63) is 88.9 Å². The average Bonchev–Trinajstić information content (AvgIpc) is 3.10. The molecule has 0 radical (unpaired) electrons. The molecule has 0 bridgehead atoms. The smallest absolute Gasteiger partial charge is 0.241 e. The molecule has 0 spiro atoms. The summed E-state index contributed by atoms with van der Waals surface area (Å²) in [5.41, 5.74) is 2.69. The summed E-state index contributed by atoms with van der Waals surface area (Å²) >= 11 is 6.08. The number of ether oxygens (including phenoxy) is 1. The summed E-state index contributed by atoms with van der Waals surface area (Å²) in [6, 6.07) is 22.3. The van der Waals surface area contributed by atoms with Gasteiger partial charge in [-0.2, -0.15) is 0 Å². The van der Waals surface area contributed by atoms with E-state index in [0.717, 1.165) is 17.3 Å². The summed E-state index contributed by atoms with van der Waals surface area (Å²) in [6.07, 6.45) is 0.894. The van der Waals surface area contributed by atoms with Gasteiger partial charge in [0.05, 0.1) is 23.2 Å². The number of carbonyl (C=O) groups is 1. The van der Waals surface area contributed by atoms with Crippen LogP contribution in [0.25, 0.3) is 16.6 Å². The van der Waals surface area contributed by atoms with Crippen LogP contribution in [-0.4, -0.2) is 22.2 Å². The Labute approximate surface area is 168 Å². The van der Waals surface area contributed by atoms with Gasteiger partial charge in [-0.1, -0.05) is 54.9 Å². The van der Waals surface area contributed by atoms with E-state index in [9.17, 15) is 4.79 Å². The number of aromatic nitrogens is 2. The Bertz CT molecular complexity index is 1150. The summed E-state index contributed by atoms with van der Waals surface area (Å²) in [5.74, 6) is 0.469. The van der Waals surface area contributed by atoms with Gasteiger partial charge in [-0.25, -0.2) is 4.68 Å². The first-order valence-electron chi connectivity index (χ1n) is 9.19. The third-order valence-electron chi connectivity index (χ3n) is 4.46. The van der Waals surface area contributed by atoms with Crippen LogP contribution in [0.2, 0.25) is 5.02 Å². The number of hydrogen-bond acceptors (Lipinski definition) is 3. The van der Waals surface area contributed by atoms with Gasteiger partial charge >= 0.3 is 0 Å². The van der Waals surface area contributed by atoms with Gasteiger partial charge in [0, 0.05) is 16.1 Å². The minimum Gasteiger partial charge on any atom is -0.476 e. The fourth-order valence-electron chi connectivity index (χ4n) is 3.16. The summed E-state index contributed by atoms with van der Waals surface area (Å²) in [4.78, 5) is 13.2. The number of para-hydroxylation sites is 2. The van der Waals surface area contributed by atoms with Crippen molar-refractivity contribution in [1.82, 2.24) is 9.78 Å². The van der Waals surface area contributed by atoms with E-state index < -0.39 is 0 Å². The van der Waals surface area contributed by atoms with Gasteiger partial charge in [-0.15, -0.1) is 5.10 Å². The third kappa shape index (κ3) is 3.39. The normalized spacial score (nSPS) is 10.9. The molecule has 4 nitrogen and oxygen atoms in total. The third-order valence-corrected chi connectivity index (χ3v) is 4.70. The topological polar surface area (TPSA) is 44.1 Å². The fraction of sp³-hybridized carbons (Fsp3) is 0.130. The first kappa shape index (κ1) is 18.3. The van der Waals surface area contributed by atoms with Crippen LogP contribution in [0.3, 0.4) is 0 Å². The molecule has 1 heterocycles. The van der Waals surface area contributed by atoms with Crippen molar-refractivity contribution in [2.24, 2.45) is 0 Å². The number of benzene rings is 3. The van der Waals surface area contributed by atoms with E-state index in [1.165, 1.54) is 0 Å². The van der Waals surface area contributed by atoms with Crippen LogP contribution in [0.15, 0.2) is 72.8 Å². The van der Waals surface area contributed by atoms with E-state index in [-0.39, 0.29) is 5.78 Å². The Kier molecular flexibility index (Phi) is 5.13. The van der Waals surface area contributed by atoms with Crippen molar-refractivity contribution in [1.29, 1.82) is 0 Å². The Morgan fingerprint density at radius 2 is 1.82 bits per heavy atom. The standard InChI is InChI=1S/C23H19ClN2O2/c1-2-14-28-23-19-11-4-6-13-21(19)26(25-23)20-12-5-3-10-18(20)22(27)16-8-7-9-17(24)15-16/h3-13,15H,2,14H2,1H3. The molecule has 4 aromatic rings. The number of halogens is 1. The molecule has 0 atom stereocenters. The molecule has 4 rings (SSSR count). The van der Waals surface area contributed by atoms with E-state index >= 15 is 0 Å². The van der Waals surface area contributed by atoms with Crippen LogP contribution in [0.4, 0.5) is 0 Å². The van der Waals surface area contributed by atoms with Crippen molar-refractivity contribution < 1.29 is 9.53 Å². The zero-order valence-electron chi connectivity index (χ0n) is 15.4. The summed E-state index contributed by atoms with van der Waals surface area (Å²) in [6.45, 7) is 2.64. The number of fused-ring (bicyclic) bond motifs is 1. The van der Waals surface area contributed by atoms with Crippen LogP contribution >= 0.6 is 11.6 Å². The van der Waals surface area contributed by atoms with Crippen molar-refractivity contribution in [3.63, 3.8) is 0 Å². The number of carbonyl (C=O) groups excluding carboxylic acids is 1. The Morgan fingerprint density at radius 1 is 1.04 bits per heavy atom. The lowest BCUT2D eigenvalue weighted by Gasteiger charge is -2.10. The highest BCUT2D eigenvalue weighted by Gasteiger charge is 2.19. The van der Waals surface area contributed by atoms with Crippen LogP contribution in [-0.2, 0) is 0 Å². The Hall–Kier alpha value is -3.11. The SMILES string of the molecule is CCCOc1nn(-c2ccccc2C(=O)c2cccc(Cl)c2)c2ccccc12. The van der Waals surface area contributed by atoms with Crippen molar-refractivity contribution in [2.45, 2.75) is 13.3 Å². The number of hydrogen-bond donors (Lipinski definition) is 0. The van der Waals surface area contributed by atoms with Gasteiger partial charge in [0.2, 0.25) is 5.88 Å². The van der Waals surface area contributed by atoms with Gasteiger partial charge in [0.25, 0.3) is 0 Å². The fourth-order valence-corrected chi connectivity index (χ4v) is 3.35. The molecule has 3 aromatic carbocycles. The molecule has 0 amide bonds. The maximum absolute atomic E-state index is 13.2. The first-order valence-corrected chi connectivity index (χ1v) is 9.57. The lowest BCUT2D eigenvalue weighted by Crippen LogP contribution is -2.08. The minimum absolute atomic E-state index is 0.103.